The number of likely N-dealkylation sites (N-methyl/N-ethyl adjacent to an activating group) is 1. The van der Waals surface area contributed by atoms with E-state index in [1.165, 1.54) is 0 Å². The fourth-order valence-corrected chi connectivity index (χ4v) is 3.27. The zero-order chi connectivity index (χ0) is 19.0. The molecule has 4 rings (SSSR count). The highest BCUT2D eigenvalue weighted by molar-refractivity contribution is 6.06. The molecule has 1 amide bonds. The summed E-state index contributed by atoms with van der Waals surface area (Å²) in [6, 6.07) is 11.5. The molecular formula is C21H20N4O2. The van der Waals surface area contributed by atoms with Gasteiger partial charge in [-0.15, -0.1) is 0 Å². The molecule has 2 aromatic heterocycles. The van der Waals surface area contributed by atoms with E-state index in [0.29, 0.717) is 46.8 Å². The first-order valence-corrected chi connectivity index (χ1v) is 9.08. The SMILES string of the molecule is Cc1noc2nc(C3CC3)cc(C(=O)N(C)CCc3cccc(C#N)c3)c12. The molecule has 0 saturated heterocycles. The van der Waals surface area contributed by atoms with Gasteiger partial charge in [0.15, 0.2) is 0 Å². The topological polar surface area (TPSA) is 83.0 Å². The number of nitriles is 1. The summed E-state index contributed by atoms with van der Waals surface area (Å²) in [4.78, 5) is 19.4. The van der Waals surface area contributed by atoms with Crippen LogP contribution in [0.2, 0.25) is 0 Å². The number of amides is 1. The Balaban J connectivity index is 1.58. The average Bonchev–Trinajstić information content (AvgIpc) is 3.48. The maximum atomic E-state index is 13.1. The number of carbonyl (C=O) groups excluding carboxylic acids is 1. The Morgan fingerprint density at radius 2 is 2.19 bits per heavy atom. The van der Waals surface area contributed by atoms with E-state index in [9.17, 15) is 4.79 Å². The smallest absolute Gasteiger partial charge is 0.259 e. The lowest BCUT2D eigenvalue weighted by molar-refractivity contribution is 0.0798. The predicted octanol–water partition coefficient (Wildman–Crippen LogP) is 3.60. The van der Waals surface area contributed by atoms with Crippen molar-refractivity contribution in [2.75, 3.05) is 13.6 Å². The lowest BCUT2D eigenvalue weighted by Gasteiger charge is -2.18. The standard InChI is InChI=1S/C21H20N4O2/c1-13-19-17(11-18(16-6-7-16)23-20(19)27-24-13)21(26)25(2)9-8-14-4-3-5-15(10-14)12-22/h3-5,10-11,16H,6-9H2,1-2H3. The van der Waals surface area contributed by atoms with Crippen LogP contribution in [-0.4, -0.2) is 34.5 Å². The fraction of sp³-hybridized carbons (Fsp3) is 0.333. The molecule has 136 valence electrons. The molecular weight excluding hydrogens is 340 g/mol. The molecule has 1 saturated carbocycles. The van der Waals surface area contributed by atoms with Gasteiger partial charge < -0.3 is 9.42 Å². The molecule has 0 bridgehead atoms. The first-order chi connectivity index (χ1) is 13.1. The molecule has 0 N–H and O–H groups in total. The van der Waals surface area contributed by atoms with Gasteiger partial charge in [-0.2, -0.15) is 5.26 Å². The average molecular weight is 360 g/mol. The predicted molar refractivity (Wildman–Crippen MR) is 100 cm³/mol. The summed E-state index contributed by atoms with van der Waals surface area (Å²) in [5, 5.41) is 13.7. The Morgan fingerprint density at radius 1 is 1.37 bits per heavy atom. The minimum atomic E-state index is -0.0629. The second-order valence-corrected chi connectivity index (χ2v) is 7.11. The molecule has 0 radical (unpaired) electrons. The van der Waals surface area contributed by atoms with E-state index in [-0.39, 0.29) is 5.91 Å². The van der Waals surface area contributed by atoms with Crippen molar-refractivity contribution < 1.29 is 9.32 Å². The Hall–Kier alpha value is -3.20. The molecule has 1 aromatic carbocycles. The van der Waals surface area contributed by atoms with Crippen LogP contribution in [0.25, 0.3) is 11.1 Å². The largest absolute Gasteiger partial charge is 0.341 e. The highest BCUT2D eigenvalue weighted by atomic mass is 16.5. The molecule has 0 aliphatic heterocycles. The zero-order valence-electron chi connectivity index (χ0n) is 15.4. The van der Waals surface area contributed by atoms with Crippen LogP contribution in [0.5, 0.6) is 0 Å². The number of aromatic nitrogens is 2. The first kappa shape index (κ1) is 17.2. The number of nitrogens with zero attached hydrogens (tertiary/aromatic N) is 4. The third-order valence-electron chi connectivity index (χ3n) is 5.00. The maximum absolute atomic E-state index is 13.1. The molecule has 3 aromatic rings. The normalized spacial score (nSPS) is 13.5. The lowest BCUT2D eigenvalue weighted by atomic mass is 10.1. The number of rotatable bonds is 5. The number of aryl methyl sites for hydroxylation is 1. The van der Waals surface area contributed by atoms with Crippen LogP contribution >= 0.6 is 0 Å². The van der Waals surface area contributed by atoms with Crippen LogP contribution in [0.3, 0.4) is 0 Å². The van der Waals surface area contributed by atoms with E-state index in [0.717, 1.165) is 24.1 Å². The molecule has 0 unspecified atom stereocenters. The Bertz CT molecular complexity index is 1060. The van der Waals surface area contributed by atoms with Crippen LogP contribution in [0, 0.1) is 18.3 Å². The van der Waals surface area contributed by atoms with Crippen molar-refractivity contribution in [1.82, 2.24) is 15.0 Å². The van der Waals surface area contributed by atoms with Gasteiger partial charge in [-0.1, -0.05) is 17.3 Å². The quantitative estimate of drug-likeness (QED) is 0.694. The van der Waals surface area contributed by atoms with Gasteiger partial charge in [0.25, 0.3) is 11.6 Å². The van der Waals surface area contributed by atoms with Crippen molar-refractivity contribution in [2.45, 2.75) is 32.1 Å². The molecule has 2 heterocycles. The van der Waals surface area contributed by atoms with Crippen molar-refractivity contribution >= 4 is 17.0 Å². The van der Waals surface area contributed by atoms with Gasteiger partial charge in [0.05, 0.1) is 28.3 Å². The van der Waals surface area contributed by atoms with Gasteiger partial charge in [-0.3, -0.25) is 4.79 Å². The van der Waals surface area contributed by atoms with Gasteiger partial charge in [-0.05, 0) is 49.9 Å². The number of carbonyl (C=O) groups is 1. The van der Waals surface area contributed by atoms with Gasteiger partial charge in [0, 0.05) is 25.2 Å². The summed E-state index contributed by atoms with van der Waals surface area (Å²) < 4.78 is 5.33. The van der Waals surface area contributed by atoms with Crippen LogP contribution in [0.1, 0.15) is 51.6 Å². The molecule has 1 fully saturated rings. The molecule has 0 atom stereocenters. The number of fused-ring (bicyclic) bond motifs is 1. The Morgan fingerprint density at radius 3 is 2.93 bits per heavy atom. The summed E-state index contributed by atoms with van der Waals surface area (Å²) in [6.07, 6.45) is 2.89. The molecule has 0 spiro atoms. The number of pyridine rings is 1. The van der Waals surface area contributed by atoms with E-state index in [2.05, 4.69) is 16.2 Å². The summed E-state index contributed by atoms with van der Waals surface area (Å²) in [5.41, 5.74) is 4.31. The Labute approximate surface area is 157 Å². The molecule has 6 nitrogen and oxygen atoms in total. The van der Waals surface area contributed by atoms with Gasteiger partial charge in [-0.25, -0.2) is 4.98 Å². The second kappa shape index (κ2) is 6.84. The van der Waals surface area contributed by atoms with Gasteiger partial charge >= 0.3 is 0 Å². The van der Waals surface area contributed by atoms with E-state index in [1.807, 2.05) is 31.2 Å². The number of benzene rings is 1. The summed E-state index contributed by atoms with van der Waals surface area (Å²) in [6.45, 7) is 2.38. The van der Waals surface area contributed by atoms with Crippen molar-refractivity contribution in [3.63, 3.8) is 0 Å². The number of hydrogen-bond donors (Lipinski definition) is 0. The minimum Gasteiger partial charge on any atom is -0.341 e. The molecule has 6 heteroatoms. The van der Waals surface area contributed by atoms with Crippen LogP contribution in [0.15, 0.2) is 34.9 Å². The van der Waals surface area contributed by atoms with Crippen molar-refractivity contribution in [3.05, 3.63) is 58.4 Å². The fourth-order valence-electron chi connectivity index (χ4n) is 3.27. The van der Waals surface area contributed by atoms with Crippen molar-refractivity contribution in [2.24, 2.45) is 0 Å². The highest BCUT2D eigenvalue weighted by Gasteiger charge is 2.29. The number of hydrogen-bond acceptors (Lipinski definition) is 5. The minimum absolute atomic E-state index is 0.0629. The summed E-state index contributed by atoms with van der Waals surface area (Å²) in [7, 11) is 1.79. The van der Waals surface area contributed by atoms with Gasteiger partial charge in [0.1, 0.15) is 0 Å². The van der Waals surface area contributed by atoms with E-state index < -0.39 is 0 Å². The van der Waals surface area contributed by atoms with E-state index in [4.69, 9.17) is 9.78 Å². The van der Waals surface area contributed by atoms with Crippen LogP contribution in [-0.2, 0) is 6.42 Å². The Kier molecular flexibility index (Phi) is 4.36. The van der Waals surface area contributed by atoms with Crippen LogP contribution in [0.4, 0.5) is 0 Å². The monoisotopic (exact) mass is 360 g/mol. The zero-order valence-corrected chi connectivity index (χ0v) is 15.4. The summed E-state index contributed by atoms with van der Waals surface area (Å²) in [5.74, 6) is 0.359. The summed E-state index contributed by atoms with van der Waals surface area (Å²) >= 11 is 0. The molecule has 1 aliphatic carbocycles. The third-order valence-corrected chi connectivity index (χ3v) is 5.00. The highest BCUT2D eigenvalue weighted by Crippen LogP contribution is 2.40. The first-order valence-electron chi connectivity index (χ1n) is 9.08. The van der Waals surface area contributed by atoms with E-state index in [1.54, 1.807) is 18.0 Å². The second-order valence-electron chi connectivity index (χ2n) is 7.11. The van der Waals surface area contributed by atoms with Crippen LogP contribution < -0.4 is 0 Å². The molecule has 27 heavy (non-hydrogen) atoms. The molecule has 1 aliphatic rings. The van der Waals surface area contributed by atoms with Gasteiger partial charge in [0.2, 0.25) is 0 Å². The van der Waals surface area contributed by atoms with Crippen molar-refractivity contribution in [3.8, 4) is 6.07 Å². The maximum Gasteiger partial charge on any atom is 0.259 e. The lowest BCUT2D eigenvalue weighted by Crippen LogP contribution is -2.29. The van der Waals surface area contributed by atoms with E-state index >= 15 is 0 Å². The van der Waals surface area contributed by atoms with Crippen molar-refractivity contribution in [1.29, 1.82) is 5.26 Å². The third kappa shape index (κ3) is 3.41.